The van der Waals surface area contributed by atoms with Crippen molar-refractivity contribution >= 4 is 5.78 Å². The molecule has 0 N–H and O–H groups in total. The minimum Gasteiger partial charge on any atom is -0.353 e. The number of carbonyl (C=O) groups excluding carboxylic acids is 1. The first-order valence-corrected chi connectivity index (χ1v) is 13.5. The van der Waals surface area contributed by atoms with Gasteiger partial charge in [0.25, 0.3) is 0 Å². The lowest BCUT2D eigenvalue weighted by atomic mass is 9.90. The molecule has 2 aliphatic carbocycles. The maximum absolute atomic E-state index is 12.0. The number of fused-ring (bicyclic) bond motifs is 1. The van der Waals surface area contributed by atoms with Gasteiger partial charge in [-0.2, -0.15) is 0 Å². The van der Waals surface area contributed by atoms with Crippen LogP contribution in [-0.2, 0) is 23.7 Å². The van der Waals surface area contributed by atoms with E-state index < -0.39 is 0 Å². The maximum Gasteiger partial charge on any atom is 0.157 e. The minimum absolute atomic E-state index is 0.0344. The number of allylic oxidation sites excluding steroid dienone is 1. The quantitative estimate of drug-likeness (QED) is 0.273. The summed E-state index contributed by atoms with van der Waals surface area (Å²) in [5.41, 5.74) is 0. The summed E-state index contributed by atoms with van der Waals surface area (Å²) < 4.78 is 23.7. The van der Waals surface area contributed by atoms with E-state index in [-0.39, 0.29) is 18.7 Å². The van der Waals surface area contributed by atoms with Crippen molar-refractivity contribution in [2.75, 3.05) is 19.8 Å². The van der Waals surface area contributed by atoms with Gasteiger partial charge in [0.05, 0.1) is 6.10 Å². The standard InChI is InChI=1S/C27H44O5/c28-22-18-21-19-25(32-27-14-8-11-17-31-27)23(24(21)20-22)12-6-4-2-1-3-5-9-15-29-26-13-7-10-16-30-26/h6,12,21,23-27H,1-5,7-11,13-20H2/t21-,23+,24-,25+,26?,27?/m0/s1. The first kappa shape index (κ1) is 24.4. The summed E-state index contributed by atoms with van der Waals surface area (Å²) >= 11 is 0. The van der Waals surface area contributed by atoms with E-state index in [4.69, 9.17) is 18.9 Å². The highest BCUT2D eigenvalue weighted by Gasteiger charge is 2.48. The number of Topliss-reactive ketones (excluding diaryl/α,β-unsaturated/α-hetero) is 1. The van der Waals surface area contributed by atoms with E-state index in [1.54, 1.807) is 0 Å². The lowest BCUT2D eigenvalue weighted by molar-refractivity contribution is -0.193. The average Bonchev–Trinajstić information content (AvgIpc) is 3.32. The molecule has 0 aromatic rings. The van der Waals surface area contributed by atoms with Crippen molar-refractivity contribution in [1.29, 1.82) is 0 Å². The van der Waals surface area contributed by atoms with Crippen molar-refractivity contribution in [2.45, 2.75) is 115 Å². The number of ketones is 1. The predicted molar refractivity (Wildman–Crippen MR) is 124 cm³/mol. The molecule has 4 aliphatic rings. The Labute approximate surface area is 194 Å². The van der Waals surface area contributed by atoms with Gasteiger partial charge in [-0.25, -0.2) is 0 Å². The summed E-state index contributed by atoms with van der Waals surface area (Å²) in [6.07, 6.45) is 21.6. The maximum atomic E-state index is 12.0. The Morgan fingerprint density at radius 3 is 2.41 bits per heavy atom. The molecular weight excluding hydrogens is 404 g/mol. The molecule has 0 amide bonds. The zero-order valence-corrected chi connectivity index (χ0v) is 19.9. The van der Waals surface area contributed by atoms with Crippen molar-refractivity contribution < 1.29 is 23.7 Å². The molecule has 0 bridgehead atoms. The van der Waals surface area contributed by atoms with Crippen molar-refractivity contribution in [1.82, 2.24) is 0 Å². The minimum atomic E-state index is -0.0344. The Balaban J connectivity index is 1.10. The Morgan fingerprint density at radius 2 is 1.62 bits per heavy atom. The van der Waals surface area contributed by atoms with Crippen LogP contribution in [0.4, 0.5) is 0 Å². The fourth-order valence-corrected chi connectivity index (χ4v) is 6.03. The van der Waals surface area contributed by atoms with Crippen LogP contribution in [0.25, 0.3) is 0 Å². The fourth-order valence-electron chi connectivity index (χ4n) is 6.03. The van der Waals surface area contributed by atoms with Crippen LogP contribution in [0.2, 0.25) is 0 Å². The van der Waals surface area contributed by atoms with E-state index >= 15 is 0 Å². The molecule has 2 saturated heterocycles. The number of hydrogen-bond donors (Lipinski definition) is 0. The zero-order chi connectivity index (χ0) is 22.0. The molecule has 0 aromatic heterocycles. The first-order chi connectivity index (χ1) is 15.8. The molecule has 6 atom stereocenters. The van der Waals surface area contributed by atoms with Crippen LogP contribution in [0.5, 0.6) is 0 Å². The van der Waals surface area contributed by atoms with Gasteiger partial charge in [-0.05, 0) is 76.0 Å². The van der Waals surface area contributed by atoms with E-state index in [0.717, 1.165) is 71.2 Å². The molecule has 0 radical (unpaired) electrons. The van der Waals surface area contributed by atoms with E-state index in [9.17, 15) is 4.79 Å². The van der Waals surface area contributed by atoms with E-state index in [1.807, 2.05) is 0 Å². The van der Waals surface area contributed by atoms with Crippen LogP contribution in [-0.4, -0.2) is 44.3 Å². The van der Waals surface area contributed by atoms with Crippen molar-refractivity contribution in [3.63, 3.8) is 0 Å². The highest BCUT2D eigenvalue weighted by Crippen LogP contribution is 2.48. The molecule has 4 rings (SSSR count). The normalized spacial score (nSPS) is 35.6. The molecular formula is C27H44O5. The lowest BCUT2D eigenvalue weighted by Gasteiger charge is -2.29. The Morgan fingerprint density at radius 1 is 0.875 bits per heavy atom. The molecule has 2 saturated carbocycles. The number of ether oxygens (including phenoxy) is 4. The molecule has 0 spiro atoms. The molecule has 2 aliphatic heterocycles. The fraction of sp³-hybridized carbons (Fsp3) is 0.889. The largest absolute Gasteiger partial charge is 0.353 e. The van der Waals surface area contributed by atoms with E-state index in [2.05, 4.69) is 12.2 Å². The molecule has 4 fully saturated rings. The van der Waals surface area contributed by atoms with Gasteiger partial charge in [-0.3, -0.25) is 4.79 Å². The molecule has 5 heteroatoms. The van der Waals surface area contributed by atoms with Crippen LogP contribution < -0.4 is 0 Å². The predicted octanol–water partition coefficient (Wildman–Crippen LogP) is 5.95. The summed E-state index contributed by atoms with van der Waals surface area (Å²) in [5.74, 6) is 1.84. The third-order valence-corrected chi connectivity index (χ3v) is 7.80. The van der Waals surface area contributed by atoms with Crippen molar-refractivity contribution in [2.24, 2.45) is 17.8 Å². The number of rotatable bonds is 12. The van der Waals surface area contributed by atoms with Gasteiger partial charge in [0.1, 0.15) is 5.78 Å². The van der Waals surface area contributed by atoms with Crippen molar-refractivity contribution in [3.8, 4) is 0 Å². The molecule has 5 nitrogen and oxygen atoms in total. The second-order valence-corrected chi connectivity index (χ2v) is 10.3. The first-order valence-electron chi connectivity index (χ1n) is 13.5. The summed E-state index contributed by atoms with van der Waals surface area (Å²) in [4.78, 5) is 12.0. The van der Waals surface area contributed by atoms with Gasteiger partial charge >= 0.3 is 0 Å². The molecule has 182 valence electrons. The zero-order valence-electron chi connectivity index (χ0n) is 19.9. The second-order valence-electron chi connectivity index (χ2n) is 10.3. The highest BCUT2D eigenvalue weighted by atomic mass is 16.7. The monoisotopic (exact) mass is 448 g/mol. The Hall–Kier alpha value is -0.750. The Kier molecular flexibility index (Phi) is 10.1. The number of unbranched alkanes of at least 4 members (excludes halogenated alkanes) is 5. The third-order valence-electron chi connectivity index (χ3n) is 7.80. The summed E-state index contributed by atoms with van der Waals surface area (Å²) in [5, 5.41) is 0. The van der Waals surface area contributed by atoms with Gasteiger partial charge in [0, 0.05) is 38.6 Å². The van der Waals surface area contributed by atoms with Gasteiger partial charge in [0.15, 0.2) is 12.6 Å². The highest BCUT2D eigenvalue weighted by molar-refractivity contribution is 5.81. The van der Waals surface area contributed by atoms with Gasteiger partial charge < -0.3 is 18.9 Å². The smallest absolute Gasteiger partial charge is 0.157 e. The second kappa shape index (κ2) is 13.2. The van der Waals surface area contributed by atoms with Gasteiger partial charge in [-0.1, -0.05) is 31.4 Å². The van der Waals surface area contributed by atoms with E-state index in [1.165, 1.54) is 44.9 Å². The Bertz CT molecular complexity index is 579. The third kappa shape index (κ3) is 7.38. The summed E-state index contributed by atoms with van der Waals surface area (Å²) in [6, 6.07) is 0. The van der Waals surface area contributed by atoms with Crippen LogP contribution in [0.3, 0.4) is 0 Å². The van der Waals surface area contributed by atoms with Gasteiger partial charge in [0.2, 0.25) is 0 Å². The van der Waals surface area contributed by atoms with Crippen molar-refractivity contribution in [3.05, 3.63) is 12.2 Å². The van der Waals surface area contributed by atoms with Crippen LogP contribution in [0, 0.1) is 17.8 Å². The summed E-state index contributed by atoms with van der Waals surface area (Å²) in [6.45, 7) is 2.52. The molecule has 0 aromatic carbocycles. The molecule has 2 heterocycles. The van der Waals surface area contributed by atoms with E-state index in [0.29, 0.717) is 23.5 Å². The topological polar surface area (TPSA) is 54.0 Å². The lowest BCUT2D eigenvalue weighted by Crippen LogP contribution is -2.30. The van der Waals surface area contributed by atoms with Crippen LogP contribution in [0.15, 0.2) is 12.2 Å². The summed E-state index contributed by atoms with van der Waals surface area (Å²) in [7, 11) is 0. The molecule has 32 heavy (non-hydrogen) atoms. The SMILES string of the molecule is O=C1C[C@H]2C[C@@H](OC3CCCCO3)[C@H](C=CCCCCCCCOC3CCCCO3)[C@H]2C1. The van der Waals surface area contributed by atoms with Crippen LogP contribution in [0.1, 0.15) is 96.3 Å². The molecule has 2 unspecified atom stereocenters. The number of hydrogen-bond acceptors (Lipinski definition) is 5. The average molecular weight is 449 g/mol. The number of carbonyl (C=O) groups is 1. The van der Waals surface area contributed by atoms with Crippen LogP contribution >= 0.6 is 0 Å². The van der Waals surface area contributed by atoms with Gasteiger partial charge in [-0.15, -0.1) is 0 Å².